The summed E-state index contributed by atoms with van der Waals surface area (Å²) in [6.45, 7) is 0.389. The van der Waals surface area contributed by atoms with Gasteiger partial charge >= 0.3 is 5.97 Å². The van der Waals surface area contributed by atoms with Crippen LogP contribution in [-0.4, -0.2) is 55.5 Å². The van der Waals surface area contributed by atoms with Crippen LogP contribution >= 0.6 is 0 Å². The van der Waals surface area contributed by atoms with Gasteiger partial charge in [-0.05, 0) is 18.4 Å². The zero-order valence-electron chi connectivity index (χ0n) is 14.6. The molecule has 138 valence electrons. The van der Waals surface area contributed by atoms with E-state index in [1.54, 1.807) is 30.3 Å². The SMILES string of the molecule is COC(=O)C(NC(=O)CNCC(=O)N1CCCC1C#N)c1ccccc1. The van der Waals surface area contributed by atoms with Crippen molar-refractivity contribution >= 4 is 17.8 Å². The zero-order valence-corrected chi connectivity index (χ0v) is 14.6. The maximum atomic E-state index is 12.1. The molecule has 1 saturated heterocycles. The fraction of sp³-hybridized carbons (Fsp3) is 0.444. The van der Waals surface area contributed by atoms with Crippen molar-refractivity contribution in [3.8, 4) is 6.07 Å². The first-order valence-corrected chi connectivity index (χ1v) is 8.38. The molecule has 0 saturated carbocycles. The summed E-state index contributed by atoms with van der Waals surface area (Å²) in [6, 6.07) is 9.56. The summed E-state index contributed by atoms with van der Waals surface area (Å²) in [4.78, 5) is 37.7. The minimum Gasteiger partial charge on any atom is -0.467 e. The van der Waals surface area contributed by atoms with Crippen LogP contribution in [0.15, 0.2) is 30.3 Å². The first kappa shape index (κ1) is 19.4. The van der Waals surface area contributed by atoms with E-state index in [1.165, 1.54) is 12.0 Å². The number of rotatable bonds is 7. The smallest absolute Gasteiger partial charge is 0.333 e. The summed E-state index contributed by atoms with van der Waals surface area (Å²) >= 11 is 0. The van der Waals surface area contributed by atoms with Gasteiger partial charge in [0.1, 0.15) is 6.04 Å². The molecule has 0 bridgehead atoms. The number of nitriles is 1. The van der Waals surface area contributed by atoms with Gasteiger partial charge in [-0.25, -0.2) is 4.79 Å². The molecule has 1 aromatic rings. The largest absolute Gasteiger partial charge is 0.467 e. The number of amides is 2. The lowest BCUT2D eigenvalue weighted by molar-refractivity contribution is -0.145. The monoisotopic (exact) mass is 358 g/mol. The summed E-state index contributed by atoms with van der Waals surface area (Å²) in [5.74, 6) is -1.22. The van der Waals surface area contributed by atoms with Crippen LogP contribution in [0.2, 0.25) is 0 Å². The van der Waals surface area contributed by atoms with Crippen LogP contribution in [0.1, 0.15) is 24.4 Å². The first-order chi connectivity index (χ1) is 12.6. The number of nitrogens with one attached hydrogen (secondary N) is 2. The Bertz CT molecular complexity index is 686. The highest BCUT2D eigenvalue weighted by atomic mass is 16.5. The van der Waals surface area contributed by atoms with Gasteiger partial charge in [-0.15, -0.1) is 0 Å². The molecule has 2 rings (SSSR count). The van der Waals surface area contributed by atoms with Crippen molar-refractivity contribution in [1.82, 2.24) is 15.5 Å². The van der Waals surface area contributed by atoms with Crippen LogP contribution in [-0.2, 0) is 19.1 Å². The highest BCUT2D eigenvalue weighted by molar-refractivity contribution is 5.87. The number of benzene rings is 1. The molecule has 1 fully saturated rings. The van der Waals surface area contributed by atoms with E-state index in [1.807, 2.05) is 0 Å². The summed E-state index contributed by atoms with van der Waals surface area (Å²) in [6.07, 6.45) is 1.49. The fourth-order valence-corrected chi connectivity index (χ4v) is 2.84. The molecule has 8 heteroatoms. The molecule has 1 aromatic carbocycles. The van der Waals surface area contributed by atoms with Gasteiger partial charge in [0.2, 0.25) is 11.8 Å². The predicted molar refractivity (Wildman–Crippen MR) is 92.6 cm³/mol. The summed E-state index contributed by atoms with van der Waals surface area (Å²) in [5.41, 5.74) is 0.609. The second kappa shape index (κ2) is 9.53. The Hall–Kier alpha value is -2.92. The fourth-order valence-electron chi connectivity index (χ4n) is 2.84. The maximum absolute atomic E-state index is 12.1. The Morgan fingerprint density at radius 2 is 2.04 bits per heavy atom. The van der Waals surface area contributed by atoms with Crippen molar-refractivity contribution < 1.29 is 19.1 Å². The van der Waals surface area contributed by atoms with Crippen molar-refractivity contribution in [3.63, 3.8) is 0 Å². The lowest BCUT2D eigenvalue weighted by Crippen LogP contribution is -2.44. The molecule has 0 aromatic heterocycles. The Kier molecular flexibility index (Phi) is 7.12. The molecule has 2 unspecified atom stereocenters. The van der Waals surface area contributed by atoms with E-state index in [0.29, 0.717) is 18.5 Å². The number of nitrogens with zero attached hydrogens (tertiary/aromatic N) is 2. The van der Waals surface area contributed by atoms with E-state index < -0.39 is 17.9 Å². The zero-order chi connectivity index (χ0) is 18.9. The van der Waals surface area contributed by atoms with E-state index in [2.05, 4.69) is 16.7 Å². The molecule has 1 aliphatic rings. The van der Waals surface area contributed by atoms with Crippen molar-refractivity contribution in [1.29, 1.82) is 5.26 Å². The molecule has 2 atom stereocenters. The summed E-state index contributed by atoms with van der Waals surface area (Å²) in [7, 11) is 1.25. The Labute approximate surface area is 152 Å². The van der Waals surface area contributed by atoms with Crippen LogP contribution in [0.25, 0.3) is 0 Å². The minimum atomic E-state index is -0.909. The van der Waals surface area contributed by atoms with Gasteiger partial charge in [-0.1, -0.05) is 30.3 Å². The van der Waals surface area contributed by atoms with Crippen molar-refractivity contribution in [2.45, 2.75) is 24.9 Å². The predicted octanol–water partition coefficient (Wildman–Crippen LogP) is 0.121. The van der Waals surface area contributed by atoms with E-state index >= 15 is 0 Å². The number of ether oxygens (including phenoxy) is 1. The second-order valence-electron chi connectivity index (χ2n) is 5.91. The average molecular weight is 358 g/mol. The number of likely N-dealkylation sites (tertiary alicyclic amines) is 1. The highest BCUT2D eigenvalue weighted by Crippen LogP contribution is 2.16. The number of hydrogen-bond acceptors (Lipinski definition) is 6. The first-order valence-electron chi connectivity index (χ1n) is 8.38. The summed E-state index contributed by atoms with van der Waals surface area (Å²) < 4.78 is 4.74. The molecule has 0 aliphatic carbocycles. The van der Waals surface area contributed by atoms with Crippen molar-refractivity contribution in [2.75, 3.05) is 26.7 Å². The van der Waals surface area contributed by atoms with Crippen LogP contribution in [0.3, 0.4) is 0 Å². The van der Waals surface area contributed by atoms with Crippen molar-refractivity contribution in [2.24, 2.45) is 0 Å². The molecule has 2 amide bonds. The van der Waals surface area contributed by atoms with Gasteiger partial charge in [0.05, 0.1) is 26.3 Å². The number of hydrogen-bond donors (Lipinski definition) is 2. The normalized spacial score (nSPS) is 17.2. The Balaban J connectivity index is 1.84. The van der Waals surface area contributed by atoms with Gasteiger partial charge in [0, 0.05) is 6.54 Å². The van der Waals surface area contributed by atoms with Gasteiger partial charge in [-0.2, -0.15) is 5.26 Å². The van der Waals surface area contributed by atoms with Crippen molar-refractivity contribution in [3.05, 3.63) is 35.9 Å². The van der Waals surface area contributed by atoms with E-state index in [9.17, 15) is 14.4 Å². The third-order valence-corrected chi connectivity index (χ3v) is 4.16. The molecule has 0 spiro atoms. The molecule has 1 aliphatic heterocycles. The Morgan fingerprint density at radius 3 is 2.69 bits per heavy atom. The Morgan fingerprint density at radius 1 is 1.31 bits per heavy atom. The highest BCUT2D eigenvalue weighted by Gasteiger charge is 2.28. The third kappa shape index (κ3) is 5.04. The van der Waals surface area contributed by atoms with Crippen LogP contribution in [0.5, 0.6) is 0 Å². The third-order valence-electron chi connectivity index (χ3n) is 4.16. The molecule has 8 nitrogen and oxygen atoms in total. The standard InChI is InChI=1S/C18H22N4O4/c1-26-18(25)17(13-6-3-2-4-7-13)21-15(23)11-20-12-16(24)22-9-5-8-14(22)10-19/h2-4,6-7,14,17,20H,5,8-9,11-12H2,1H3,(H,21,23). The average Bonchev–Trinajstić information content (AvgIpc) is 3.15. The van der Waals surface area contributed by atoms with Crippen LogP contribution in [0, 0.1) is 11.3 Å². The number of carbonyl (C=O) groups excluding carboxylic acids is 3. The van der Waals surface area contributed by atoms with E-state index in [0.717, 1.165) is 6.42 Å². The molecule has 26 heavy (non-hydrogen) atoms. The molecular formula is C18H22N4O4. The molecule has 2 N–H and O–H groups in total. The lowest BCUT2D eigenvalue weighted by Gasteiger charge is -2.20. The lowest BCUT2D eigenvalue weighted by atomic mass is 10.1. The molecule has 0 radical (unpaired) electrons. The van der Waals surface area contributed by atoms with E-state index in [-0.39, 0.29) is 25.0 Å². The quantitative estimate of drug-likeness (QED) is 0.670. The van der Waals surface area contributed by atoms with Crippen LogP contribution in [0.4, 0.5) is 0 Å². The van der Waals surface area contributed by atoms with E-state index in [4.69, 9.17) is 10.00 Å². The van der Waals surface area contributed by atoms with Crippen LogP contribution < -0.4 is 10.6 Å². The number of esters is 1. The van der Waals surface area contributed by atoms with Gasteiger partial charge in [0.25, 0.3) is 0 Å². The number of carbonyl (C=O) groups is 3. The topological polar surface area (TPSA) is 112 Å². The molecular weight excluding hydrogens is 336 g/mol. The number of methoxy groups -OCH3 is 1. The minimum absolute atomic E-state index is 0.0418. The molecule has 1 heterocycles. The summed E-state index contributed by atoms with van der Waals surface area (Å²) in [5, 5.41) is 14.4. The van der Waals surface area contributed by atoms with Gasteiger partial charge in [0.15, 0.2) is 6.04 Å². The van der Waals surface area contributed by atoms with Gasteiger partial charge in [-0.3, -0.25) is 14.9 Å². The van der Waals surface area contributed by atoms with Gasteiger partial charge < -0.3 is 15.0 Å². The maximum Gasteiger partial charge on any atom is 0.333 e. The second-order valence-corrected chi connectivity index (χ2v) is 5.91.